The van der Waals surface area contributed by atoms with E-state index in [-0.39, 0.29) is 0 Å². The first-order valence-corrected chi connectivity index (χ1v) is 7.01. The van der Waals surface area contributed by atoms with Crippen molar-refractivity contribution in [3.8, 4) is 0 Å². The summed E-state index contributed by atoms with van der Waals surface area (Å²) in [5, 5.41) is 6.67. The van der Waals surface area contributed by atoms with E-state index in [0.29, 0.717) is 0 Å². The van der Waals surface area contributed by atoms with Gasteiger partial charge in [0.2, 0.25) is 0 Å². The average Bonchev–Trinajstić information content (AvgIpc) is 2.39. The summed E-state index contributed by atoms with van der Waals surface area (Å²) in [6.45, 7) is 8.69. The van der Waals surface area contributed by atoms with E-state index in [2.05, 4.69) is 27.5 Å². The number of methoxy groups -OCH3 is 1. The van der Waals surface area contributed by atoms with Crippen LogP contribution in [0.15, 0.2) is 0 Å². The highest BCUT2D eigenvalue weighted by Crippen LogP contribution is 2.19. The number of anilines is 2. The van der Waals surface area contributed by atoms with E-state index in [1.807, 2.05) is 13.8 Å². The summed E-state index contributed by atoms with van der Waals surface area (Å²) in [6, 6.07) is 0. The van der Waals surface area contributed by atoms with Crippen LogP contribution in [0.3, 0.4) is 0 Å². The van der Waals surface area contributed by atoms with Crippen LogP contribution in [0.4, 0.5) is 11.6 Å². The molecule has 5 heteroatoms. The van der Waals surface area contributed by atoms with Crippen molar-refractivity contribution in [2.75, 3.05) is 37.4 Å². The highest BCUT2D eigenvalue weighted by molar-refractivity contribution is 5.57. The van der Waals surface area contributed by atoms with E-state index >= 15 is 0 Å². The lowest BCUT2D eigenvalue weighted by Crippen LogP contribution is -2.11. The normalized spacial score (nSPS) is 10.5. The van der Waals surface area contributed by atoms with Crippen LogP contribution in [0.2, 0.25) is 0 Å². The molecule has 0 fully saturated rings. The molecule has 0 spiro atoms. The molecule has 2 N–H and O–H groups in total. The van der Waals surface area contributed by atoms with Gasteiger partial charge < -0.3 is 15.4 Å². The van der Waals surface area contributed by atoms with Gasteiger partial charge in [0.05, 0.1) is 0 Å². The number of rotatable bonds is 9. The SMILES string of the molecule is CCNc1nc(C)nc(NCCCCCOC)c1C. The molecule has 0 bridgehead atoms. The lowest BCUT2D eigenvalue weighted by Gasteiger charge is -2.13. The van der Waals surface area contributed by atoms with Gasteiger partial charge in [-0.1, -0.05) is 0 Å². The highest BCUT2D eigenvalue weighted by Gasteiger charge is 2.07. The maximum absolute atomic E-state index is 5.03. The third kappa shape index (κ3) is 5.42. The van der Waals surface area contributed by atoms with Crippen molar-refractivity contribution in [2.45, 2.75) is 40.0 Å². The van der Waals surface area contributed by atoms with Crippen LogP contribution >= 0.6 is 0 Å². The van der Waals surface area contributed by atoms with Crippen LogP contribution in [-0.2, 0) is 4.74 Å². The summed E-state index contributed by atoms with van der Waals surface area (Å²) in [4.78, 5) is 8.88. The molecule has 0 saturated carbocycles. The molecule has 5 nitrogen and oxygen atoms in total. The Kier molecular flexibility index (Phi) is 7.18. The van der Waals surface area contributed by atoms with E-state index in [4.69, 9.17) is 4.74 Å². The van der Waals surface area contributed by atoms with E-state index in [1.54, 1.807) is 7.11 Å². The molecule has 0 atom stereocenters. The third-order valence-corrected chi connectivity index (χ3v) is 2.92. The van der Waals surface area contributed by atoms with E-state index in [0.717, 1.165) is 55.6 Å². The Hall–Kier alpha value is -1.36. The number of aromatic nitrogens is 2. The van der Waals surface area contributed by atoms with Gasteiger partial charge in [0, 0.05) is 32.4 Å². The molecule has 19 heavy (non-hydrogen) atoms. The van der Waals surface area contributed by atoms with Gasteiger partial charge in [-0.25, -0.2) is 9.97 Å². The summed E-state index contributed by atoms with van der Waals surface area (Å²) in [6.07, 6.45) is 3.41. The molecular formula is C14H26N4O. The average molecular weight is 266 g/mol. The second-order valence-electron chi connectivity index (χ2n) is 4.60. The number of nitrogens with one attached hydrogen (secondary N) is 2. The molecule has 108 valence electrons. The van der Waals surface area contributed by atoms with E-state index in [1.165, 1.54) is 6.42 Å². The summed E-state index contributed by atoms with van der Waals surface area (Å²) >= 11 is 0. The van der Waals surface area contributed by atoms with Crippen molar-refractivity contribution in [1.82, 2.24) is 9.97 Å². The van der Waals surface area contributed by atoms with Gasteiger partial charge in [0.1, 0.15) is 17.5 Å². The summed E-state index contributed by atoms with van der Waals surface area (Å²) in [5.74, 6) is 2.66. The topological polar surface area (TPSA) is 59.1 Å². The Balaban J connectivity index is 2.48. The summed E-state index contributed by atoms with van der Waals surface area (Å²) in [7, 11) is 1.74. The van der Waals surface area contributed by atoms with Gasteiger partial charge in [-0.2, -0.15) is 0 Å². The summed E-state index contributed by atoms with van der Waals surface area (Å²) < 4.78 is 5.03. The number of ether oxygens (including phenoxy) is 1. The van der Waals surface area contributed by atoms with Gasteiger partial charge in [-0.05, 0) is 40.0 Å². The first-order chi connectivity index (χ1) is 9.19. The van der Waals surface area contributed by atoms with Crippen molar-refractivity contribution >= 4 is 11.6 Å². The molecule has 1 aromatic heterocycles. The molecule has 1 rings (SSSR count). The largest absolute Gasteiger partial charge is 0.385 e. The van der Waals surface area contributed by atoms with Crippen LogP contribution in [-0.4, -0.2) is 36.8 Å². The maximum Gasteiger partial charge on any atom is 0.134 e. The Bertz CT molecular complexity index is 382. The van der Waals surface area contributed by atoms with Crippen molar-refractivity contribution in [3.63, 3.8) is 0 Å². The first kappa shape index (κ1) is 15.7. The molecule has 0 saturated heterocycles. The van der Waals surface area contributed by atoms with Crippen molar-refractivity contribution in [3.05, 3.63) is 11.4 Å². The van der Waals surface area contributed by atoms with Gasteiger partial charge in [0.15, 0.2) is 0 Å². The number of hydrogen-bond acceptors (Lipinski definition) is 5. The number of aryl methyl sites for hydroxylation is 1. The molecular weight excluding hydrogens is 240 g/mol. The predicted octanol–water partition coefficient (Wildman–Crippen LogP) is 2.75. The van der Waals surface area contributed by atoms with Crippen LogP contribution in [0.25, 0.3) is 0 Å². The quantitative estimate of drug-likeness (QED) is 0.673. The smallest absolute Gasteiger partial charge is 0.134 e. The summed E-state index contributed by atoms with van der Waals surface area (Å²) in [5.41, 5.74) is 1.09. The molecule has 0 aromatic carbocycles. The van der Waals surface area contributed by atoms with Crippen LogP contribution in [0.1, 0.15) is 37.6 Å². The first-order valence-electron chi connectivity index (χ1n) is 7.01. The Morgan fingerprint density at radius 3 is 2.32 bits per heavy atom. The molecule has 0 aliphatic carbocycles. The zero-order valence-corrected chi connectivity index (χ0v) is 12.5. The zero-order chi connectivity index (χ0) is 14.1. The Labute approximate surface area is 116 Å². The number of nitrogens with zero attached hydrogens (tertiary/aromatic N) is 2. The van der Waals surface area contributed by atoms with Crippen LogP contribution in [0, 0.1) is 13.8 Å². The molecule has 0 aliphatic heterocycles. The number of unbranched alkanes of at least 4 members (excludes halogenated alkanes) is 2. The fourth-order valence-electron chi connectivity index (χ4n) is 1.90. The molecule has 1 aromatic rings. The second-order valence-corrected chi connectivity index (χ2v) is 4.60. The van der Waals surface area contributed by atoms with Gasteiger partial charge >= 0.3 is 0 Å². The lowest BCUT2D eigenvalue weighted by atomic mass is 10.2. The van der Waals surface area contributed by atoms with Gasteiger partial charge in [-0.15, -0.1) is 0 Å². The van der Waals surface area contributed by atoms with Gasteiger partial charge in [-0.3, -0.25) is 0 Å². The third-order valence-electron chi connectivity index (χ3n) is 2.92. The van der Waals surface area contributed by atoms with Crippen molar-refractivity contribution < 1.29 is 4.74 Å². The van der Waals surface area contributed by atoms with E-state index < -0.39 is 0 Å². The minimum atomic E-state index is 0.795. The van der Waals surface area contributed by atoms with Crippen LogP contribution in [0.5, 0.6) is 0 Å². The Morgan fingerprint density at radius 2 is 1.68 bits per heavy atom. The fraction of sp³-hybridized carbons (Fsp3) is 0.714. The molecule has 0 radical (unpaired) electrons. The van der Waals surface area contributed by atoms with Crippen molar-refractivity contribution in [1.29, 1.82) is 0 Å². The maximum atomic E-state index is 5.03. The van der Waals surface area contributed by atoms with Crippen molar-refractivity contribution in [2.24, 2.45) is 0 Å². The van der Waals surface area contributed by atoms with E-state index in [9.17, 15) is 0 Å². The van der Waals surface area contributed by atoms with Crippen LogP contribution < -0.4 is 10.6 Å². The minimum Gasteiger partial charge on any atom is -0.385 e. The Morgan fingerprint density at radius 1 is 1.00 bits per heavy atom. The highest BCUT2D eigenvalue weighted by atomic mass is 16.5. The number of hydrogen-bond donors (Lipinski definition) is 2. The molecule has 0 aliphatic rings. The standard InChI is InChI=1S/C14H26N4O/c1-5-15-13-11(2)14(18-12(3)17-13)16-9-7-6-8-10-19-4/h5-10H2,1-4H3,(H2,15,16,17,18). The van der Waals surface area contributed by atoms with Gasteiger partial charge in [0.25, 0.3) is 0 Å². The second kappa shape index (κ2) is 8.69. The monoisotopic (exact) mass is 266 g/mol. The minimum absolute atomic E-state index is 0.795. The predicted molar refractivity (Wildman–Crippen MR) is 79.9 cm³/mol. The molecule has 0 unspecified atom stereocenters. The lowest BCUT2D eigenvalue weighted by molar-refractivity contribution is 0.192. The molecule has 1 heterocycles. The fourth-order valence-corrected chi connectivity index (χ4v) is 1.90. The molecule has 0 amide bonds. The zero-order valence-electron chi connectivity index (χ0n) is 12.5.